The molecule has 0 bridgehead atoms. The molecule has 11 heavy (non-hydrogen) atoms. The van der Waals surface area contributed by atoms with Gasteiger partial charge in [0.1, 0.15) is 0 Å². The summed E-state index contributed by atoms with van der Waals surface area (Å²) in [6, 6.07) is 0. The first-order valence-corrected chi connectivity index (χ1v) is 7.73. The number of carboxylic acid groups (broad SMARTS) is 2. The third kappa shape index (κ3) is 15900. The predicted molar refractivity (Wildman–Crippen MR) is 38.3 cm³/mol. The van der Waals surface area contributed by atoms with Crippen molar-refractivity contribution < 1.29 is 36.3 Å². The average Bonchev–Trinajstić information content (AvgIpc) is 1.60. The SMILES string of the molecule is CC(=O)O.CC(=O)O.[Cl][Pt][Cl]. The van der Waals surface area contributed by atoms with Crippen molar-refractivity contribution in [2.24, 2.45) is 0 Å². The third-order valence-corrected chi connectivity index (χ3v) is 0. The van der Waals surface area contributed by atoms with Gasteiger partial charge in [-0.2, -0.15) is 0 Å². The van der Waals surface area contributed by atoms with Crippen molar-refractivity contribution in [2.45, 2.75) is 13.8 Å². The fraction of sp³-hybridized carbons (Fsp3) is 0.500. The van der Waals surface area contributed by atoms with Gasteiger partial charge in [0, 0.05) is 13.8 Å². The first kappa shape index (κ1) is 17.3. The summed E-state index contributed by atoms with van der Waals surface area (Å²) in [5, 5.41) is 14.8. The van der Waals surface area contributed by atoms with Crippen LogP contribution in [0.5, 0.6) is 0 Å². The van der Waals surface area contributed by atoms with Crippen LogP contribution in [0.1, 0.15) is 13.8 Å². The van der Waals surface area contributed by atoms with Gasteiger partial charge in [-0.1, -0.05) is 0 Å². The average molecular weight is 386 g/mol. The van der Waals surface area contributed by atoms with Crippen LogP contribution in [0.25, 0.3) is 0 Å². The van der Waals surface area contributed by atoms with Gasteiger partial charge in [0.05, 0.1) is 0 Å². The minimum atomic E-state index is -0.833. The predicted octanol–water partition coefficient (Wildman–Crippen LogP) is 1.56. The molecule has 0 aliphatic rings. The third-order valence-electron chi connectivity index (χ3n) is 0. The second-order valence-electron chi connectivity index (χ2n) is 1.08. The van der Waals surface area contributed by atoms with Crippen molar-refractivity contribution in [1.82, 2.24) is 0 Å². The van der Waals surface area contributed by atoms with Crippen LogP contribution in [0.2, 0.25) is 0 Å². The zero-order valence-electron chi connectivity index (χ0n) is 5.78. The molecule has 0 saturated carbocycles. The molecule has 0 saturated heterocycles. The van der Waals surface area contributed by atoms with Gasteiger partial charge >= 0.3 is 35.3 Å². The monoisotopic (exact) mass is 385 g/mol. The molecule has 0 atom stereocenters. The Balaban J connectivity index is -0.0000000886. The topological polar surface area (TPSA) is 74.6 Å². The number of hydrogen-bond donors (Lipinski definition) is 2. The fourth-order valence-corrected chi connectivity index (χ4v) is 0. The molecule has 0 amide bonds. The van der Waals surface area contributed by atoms with Gasteiger partial charge in [-0.25, -0.2) is 0 Å². The van der Waals surface area contributed by atoms with Crippen LogP contribution in [0.15, 0.2) is 0 Å². The van der Waals surface area contributed by atoms with Gasteiger partial charge in [-0.15, -0.1) is 0 Å². The zero-order chi connectivity index (χ0) is 9.86. The van der Waals surface area contributed by atoms with E-state index in [1.807, 2.05) is 0 Å². The Kier molecular flexibility index (Phi) is 26.3. The maximum absolute atomic E-state index is 9.00. The van der Waals surface area contributed by atoms with Gasteiger partial charge in [0.15, 0.2) is 0 Å². The van der Waals surface area contributed by atoms with E-state index in [0.717, 1.165) is 13.8 Å². The first-order valence-electron chi connectivity index (χ1n) is 2.09. The number of carboxylic acids is 2. The van der Waals surface area contributed by atoms with E-state index in [0.29, 0.717) is 0 Å². The van der Waals surface area contributed by atoms with Crippen LogP contribution in [0.3, 0.4) is 0 Å². The van der Waals surface area contributed by atoms with Gasteiger partial charge in [0.25, 0.3) is 11.9 Å². The summed E-state index contributed by atoms with van der Waals surface area (Å²) in [6.07, 6.45) is 0. The Morgan fingerprint density at radius 2 is 1.09 bits per heavy atom. The van der Waals surface area contributed by atoms with Crippen LogP contribution in [0.4, 0.5) is 0 Å². The molecular formula is C4H8Cl2O4Pt. The van der Waals surface area contributed by atoms with Crippen LogP contribution in [-0.4, -0.2) is 22.2 Å². The maximum atomic E-state index is 9.00. The number of halogens is 2. The van der Waals surface area contributed by atoms with Crippen molar-refractivity contribution in [3.63, 3.8) is 0 Å². The van der Waals surface area contributed by atoms with Gasteiger partial charge < -0.3 is 10.2 Å². The van der Waals surface area contributed by atoms with Crippen molar-refractivity contribution in [3.05, 3.63) is 0 Å². The zero-order valence-corrected chi connectivity index (χ0v) is 9.57. The molecule has 0 heterocycles. The standard InChI is InChI=1S/2C2H4O2.2ClH.Pt/c2*1-2(3)4;;;/h2*1H3,(H,3,4);2*1H;/q;;;;+2/p-2. The normalized spacial score (nSPS) is 6.55. The molecule has 0 spiro atoms. The van der Waals surface area contributed by atoms with Crippen molar-refractivity contribution >= 4 is 30.8 Å². The Hall–Kier alpha value is 0.208. The summed E-state index contributed by atoms with van der Waals surface area (Å²) >= 11 is -0.472. The number of carbonyl (C=O) groups is 2. The van der Waals surface area contributed by atoms with Gasteiger partial charge in [0.2, 0.25) is 0 Å². The molecule has 72 valence electrons. The summed E-state index contributed by atoms with van der Waals surface area (Å²) < 4.78 is 0. The van der Waals surface area contributed by atoms with Gasteiger partial charge in [-0.3, -0.25) is 9.59 Å². The van der Waals surface area contributed by atoms with E-state index in [2.05, 4.69) is 0 Å². The molecule has 0 rings (SSSR count). The van der Waals surface area contributed by atoms with E-state index in [4.69, 9.17) is 38.6 Å². The second kappa shape index (κ2) is 16.7. The Morgan fingerprint density at radius 3 is 1.09 bits per heavy atom. The molecule has 2 N–H and O–H groups in total. The quantitative estimate of drug-likeness (QED) is 0.663. The molecule has 7 heteroatoms. The summed E-state index contributed by atoms with van der Waals surface area (Å²) in [6.45, 7) is 2.17. The van der Waals surface area contributed by atoms with E-state index in [9.17, 15) is 0 Å². The van der Waals surface area contributed by atoms with Gasteiger partial charge in [-0.05, 0) is 0 Å². The van der Waals surface area contributed by atoms with Crippen molar-refractivity contribution in [2.75, 3.05) is 0 Å². The van der Waals surface area contributed by atoms with Crippen LogP contribution < -0.4 is 0 Å². The molecule has 0 aromatic rings. The minimum absolute atomic E-state index is 0.472. The second-order valence-corrected chi connectivity index (χ2v) is 4.37. The van der Waals surface area contributed by atoms with E-state index in [1.165, 1.54) is 0 Å². The van der Waals surface area contributed by atoms with Crippen LogP contribution in [-0.2, 0) is 26.1 Å². The van der Waals surface area contributed by atoms with Crippen molar-refractivity contribution in [1.29, 1.82) is 0 Å². The summed E-state index contributed by atoms with van der Waals surface area (Å²) in [7, 11) is 9.75. The molecule has 0 unspecified atom stereocenters. The summed E-state index contributed by atoms with van der Waals surface area (Å²) in [5.74, 6) is -1.67. The van der Waals surface area contributed by atoms with E-state index >= 15 is 0 Å². The van der Waals surface area contributed by atoms with Crippen LogP contribution >= 0.6 is 18.8 Å². The molecule has 4 nitrogen and oxygen atoms in total. The number of aliphatic carboxylic acids is 2. The van der Waals surface area contributed by atoms with Crippen molar-refractivity contribution in [3.8, 4) is 0 Å². The molecule has 0 aromatic heterocycles. The number of hydrogen-bond acceptors (Lipinski definition) is 2. The molecular weight excluding hydrogens is 378 g/mol. The van der Waals surface area contributed by atoms with E-state index in [-0.39, 0.29) is 0 Å². The number of rotatable bonds is 0. The van der Waals surface area contributed by atoms with E-state index < -0.39 is 28.4 Å². The fourth-order valence-electron chi connectivity index (χ4n) is 0. The Morgan fingerprint density at radius 1 is 1.09 bits per heavy atom. The molecule has 0 aromatic carbocycles. The Labute approximate surface area is 80.9 Å². The summed E-state index contributed by atoms with van der Waals surface area (Å²) in [4.78, 5) is 18.0. The molecule has 0 aliphatic carbocycles. The molecule has 0 fully saturated rings. The molecule has 0 radical (unpaired) electrons. The first-order chi connectivity index (χ1) is 4.88. The van der Waals surface area contributed by atoms with E-state index in [1.54, 1.807) is 0 Å². The Bertz CT molecular complexity index is 88.3. The molecule has 0 aliphatic heterocycles. The van der Waals surface area contributed by atoms with Crippen LogP contribution in [0, 0.1) is 0 Å². The summed E-state index contributed by atoms with van der Waals surface area (Å²) in [5.41, 5.74) is 0.